The molecule has 2 aromatic carbocycles. The van der Waals surface area contributed by atoms with Crippen molar-refractivity contribution in [2.45, 2.75) is 78.6 Å². The maximum atomic E-state index is 11.7. The topological polar surface area (TPSA) is 49.7 Å². The average Bonchev–Trinajstić information content (AvgIpc) is 3.17. The van der Waals surface area contributed by atoms with Crippen molar-refractivity contribution in [3.05, 3.63) is 81.6 Å². The molecule has 1 aliphatic carbocycles. The van der Waals surface area contributed by atoms with E-state index in [0.29, 0.717) is 11.5 Å². The van der Waals surface area contributed by atoms with Crippen molar-refractivity contribution in [2.24, 2.45) is 16.8 Å². The number of hydrogen-bond donors (Lipinski definition) is 1. The number of carboxylic acid groups (broad SMARTS) is 1. The van der Waals surface area contributed by atoms with Gasteiger partial charge < -0.3 is 5.11 Å². The highest BCUT2D eigenvalue weighted by Crippen LogP contribution is 2.37. The van der Waals surface area contributed by atoms with Crippen LogP contribution in [0.3, 0.4) is 0 Å². The van der Waals surface area contributed by atoms with E-state index in [0.717, 1.165) is 42.7 Å². The van der Waals surface area contributed by atoms with Gasteiger partial charge in [-0.25, -0.2) is 4.79 Å². The predicted octanol–water partition coefficient (Wildman–Crippen LogP) is 7.69. The van der Waals surface area contributed by atoms with Gasteiger partial charge in [0, 0.05) is 12.1 Å². The molecule has 1 heterocycles. The zero-order chi connectivity index (χ0) is 23.4. The summed E-state index contributed by atoms with van der Waals surface area (Å²) in [6, 6.07) is 14.6. The number of carbonyl (C=O) groups is 1. The van der Waals surface area contributed by atoms with Gasteiger partial charge in [-0.2, -0.15) is 0 Å². The molecule has 1 N–H and O–H groups in total. The molecule has 0 aromatic heterocycles. The highest BCUT2D eigenvalue weighted by molar-refractivity contribution is 6.04. The summed E-state index contributed by atoms with van der Waals surface area (Å²) in [7, 11) is 0. The molecule has 1 saturated carbocycles. The van der Waals surface area contributed by atoms with E-state index in [4.69, 9.17) is 4.99 Å². The summed E-state index contributed by atoms with van der Waals surface area (Å²) in [6.07, 6.45) is 10.4. The van der Waals surface area contributed by atoms with Crippen LogP contribution in [0.2, 0.25) is 0 Å². The summed E-state index contributed by atoms with van der Waals surface area (Å²) in [6.45, 7) is 6.26. The summed E-state index contributed by atoms with van der Waals surface area (Å²) in [4.78, 5) is 16.7. The van der Waals surface area contributed by atoms with Crippen LogP contribution in [0, 0.1) is 25.7 Å². The second kappa shape index (κ2) is 10.5. The smallest absolute Gasteiger partial charge is 0.336 e. The lowest BCUT2D eigenvalue weighted by molar-refractivity contribution is 0.0694. The summed E-state index contributed by atoms with van der Waals surface area (Å²) in [5, 5.41) is 9.61. The van der Waals surface area contributed by atoms with Crippen molar-refractivity contribution < 1.29 is 9.90 Å². The second-order valence-electron chi connectivity index (χ2n) is 10.2. The molecule has 2 atom stereocenters. The summed E-state index contributed by atoms with van der Waals surface area (Å²) < 4.78 is 0. The molecule has 1 aliphatic heterocycles. The highest BCUT2D eigenvalue weighted by Gasteiger charge is 2.24. The zero-order valence-corrected chi connectivity index (χ0v) is 20.4. The van der Waals surface area contributed by atoms with Crippen LogP contribution in [-0.2, 0) is 6.42 Å². The fraction of sp³-hybridized carbons (Fsp3) is 0.467. The Morgan fingerprint density at radius 2 is 1.67 bits per heavy atom. The van der Waals surface area contributed by atoms with Gasteiger partial charge in [0.1, 0.15) is 0 Å². The molecular formula is C30H37NO2. The molecule has 0 spiro atoms. The van der Waals surface area contributed by atoms with Crippen molar-refractivity contribution in [2.75, 3.05) is 0 Å². The van der Waals surface area contributed by atoms with Gasteiger partial charge >= 0.3 is 5.97 Å². The van der Waals surface area contributed by atoms with Gasteiger partial charge in [-0.3, -0.25) is 4.99 Å². The molecule has 174 valence electrons. The van der Waals surface area contributed by atoms with E-state index >= 15 is 0 Å². The number of aromatic carboxylic acids is 1. The van der Waals surface area contributed by atoms with Crippen LogP contribution in [0.25, 0.3) is 0 Å². The Hall–Kier alpha value is -2.68. The third-order valence-electron chi connectivity index (χ3n) is 7.66. The lowest BCUT2D eigenvalue weighted by Crippen LogP contribution is -2.17. The molecule has 3 heteroatoms. The van der Waals surface area contributed by atoms with Crippen molar-refractivity contribution in [3.63, 3.8) is 0 Å². The minimum atomic E-state index is -0.796. The predicted molar refractivity (Wildman–Crippen MR) is 136 cm³/mol. The molecule has 3 nitrogen and oxygen atoms in total. The standard InChI is InChI=1S/C30H37NO2/c1-20-10-14-25(15-11-20)28-18-22(3)27(31-28)17-13-24-8-5-7-23(19-24)12-16-26-9-4-6-21(2)29(26)30(32)33/h4,6,9-11,14-15,23-24H,5,7-8,12-13,16-19H2,1-3H3,(H,32,33). The largest absolute Gasteiger partial charge is 0.478 e. The molecule has 0 radical (unpaired) electrons. The molecule has 2 aliphatic rings. The Balaban J connectivity index is 1.31. The molecule has 0 amide bonds. The van der Waals surface area contributed by atoms with Gasteiger partial charge in [0.05, 0.1) is 11.3 Å². The molecule has 4 rings (SSSR count). The van der Waals surface area contributed by atoms with Gasteiger partial charge in [-0.15, -0.1) is 0 Å². The molecule has 1 fully saturated rings. The molecule has 0 bridgehead atoms. The van der Waals surface area contributed by atoms with Gasteiger partial charge in [0.2, 0.25) is 0 Å². The number of aliphatic imine (C=N–C) groups is 1. The number of aryl methyl sites for hydroxylation is 3. The highest BCUT2D eigenvalue weighted by atomic mass is 16.4. The Bertz CT molecular complexity index is 1060. The van der Waals surface area contributed by atoms with Gasteiger partial charge in [0.15, 0.2) is 0 Å². The van der Waals surface area contributed by atoms with Crippen LogP contribution in [-0.4, -0.2) is 16.8 Å². The molecule has 2 unspecified atom stereocenters. The van der Waals surface area contributed by atoms with Crippen molar-refractivity contribution in [1.82, 2.24) is 0 Å². The van der Waals surface area contributed by atoms with Crippen LogP contribution in [0.1, 0.15) is 90.9 Å². The quantitative estimate of drug-likeness (QED) is 0.455. The van der Waals surface area contributed by atoms with E-state index in [2.05, 4.69) is 38.1 Å². The summed E-state index contributed by atoms with van der Waals surface area (Å²) in [5.41, 5.74) is 8.87. The van der Waals surface area contributed by atoms with Crippen molar-refractivity contribution in [1.29, 1.82) is 0 Å². The van der Waals surface area contributed by atoms with E-state index < -0.39 is 5.97 Å². The van der Waals surface area contributed by atoms with Crippen LogP contribution in [0.5, 0.6) is 0 Å². The Morgan fingerprint density at radius 3 is 2.36 bits per heavy atom. The number of allylic oxidation sites excluding steroid dienone is 2. The molecule has 33 heavy (non-hydrogen) atoms. The van der Waals surface area contributed by atoms with Crippen LogP contribution < -0.4 is 0 Å². The first-order valence-corrected chi connectivity index (χ1v) is 12.6. The van der Waals surface area contributed by atoms with Crippen LogP contribution >= 0.6 is 0 Å². The van der Waals surface area contributed by atoms with Crippen LogP contribution in [0.4, 0.5) is 0 Å². The molecular weight excluding hydrogens is 406 g/mol. The first kappa shape index (κ1) is 23.5. The van der Waals surface area contributed by atoms with E-state index in [-0.39, 0.29) is 0 Å². The first-order valence-electron chi connectivity index (χ1n) is 12.6. The fourth-order valence-electron chi connectivity index (χ4n) is 5.70. The van der Waals surface area contributed by atoms with Crippen LogP contribution in [0.15, 0.2) is 58.7 Å². The third-order valence-corrected chi connectivity index (χ3v) is 7.66. The van der Waals surface area contributed by atoms with Crippen molar-refractivity contribution >= 4 is 11.7 Å². The first-order chi connectivity index (χ1) is 15.9. The average molecular weight is 444 g/mol. The maximum absolute atomic E-state index is 11.7. The Kier molecular flexibility index (Phi) is 7.47. The Labute approximate surface area is 198 Å². The number of benzene rings is 2. The number of rotatable bonds is 8. The second-order valence-corrected chi connectivity index (χ2v) is 10.2. The van der Waals surface area contributed by atoms with Gasteiger partial charge in [0.25, 0.3) is 0 Å². The third kappa shape index (κ3) is 5.82. The van der Waals surface area contributed by atoms with Gasteiger partial charge in [-0.1, -0.05) is 67.3 Å². The summed E-state index contributed by atoms with van der Waals surface area (Å²) in [5.74, 6) is 0.672. The van der Waals surface area contributed by atoms with Gasteiger partial charge in [-0.05, 0) is 87.0 Å². The van der Waals surface area contributed by atoms with E-state index in [1.54, 1.807) is 0 Å². The van der Waals surface area contributed by atoms with E-state index in [1.807, 2.05) is 25.1 Å². The SMILES string of the molecule is CC1=C(CCC2CCCC(CCc3cccc(C)c3C(=O)O)C2)N=C(c2ccc(C)cc2)C1. The number of hydrogen-bond acceptors (Lipinski definition) is 2. The molecule has 2 aromatic rings. The Morgan fingerprint density at radius 1 is 0.970 bits per heavy atom. The zero-order valence-electron chi connectivity index (χ0n) is 20.4. The monoisotopic (exact) mass is 443 g/mol. The lowest BCUT2D eigenvalue weighted by atomic mass is 9.76. The minimum absolute atomic E-state index is 0.510. The molecule has 0 saturated heterocycles. The lowest BCUT2D eigenvalue weighted by Gasteiger charge is -2.29. The summed E-state index contributed by atoms with van der Waals surface area (Å²) >= 11 is 0. The van der Waals surface area contributed by atoms with E-state index in [1.165, 1.54) is 60.2 Å². The number of nitrogens with zero attached hydrogens (tertiary/aromatic N) is 1. The van der Waals surface area contributed by atoms with E-state index in [9.17, 15) is 9.90 Å². The number of carboxylic acids is 1. The maximum Gasteiger partial charge on any atom is 0.336 e. The normalized spacial score (nSPS) is 20.8. The van der Waals surface area contributed by atoms with Crippen molar-refractivity contribution in [3.8, 4) is 0 Å². The minimum Gasteiger partial charge on any atom is -0.478 e. The fourth-order valence-corrected chi connectivity index (χ4v) is 5.70.